The molecule has 0 saturated carbocycles. The highest BCUT2D eigenvalue weighted by molar-refractivity contribution is 7.55. The van der Waals surface area contributed by atoms with Crippen molar-refractivity contribution in [2.75, 3.05) is 0 Å². The fraction of sp³-hybridized carbons (Fsp3) is 0.286. The van der Waals surface area contributed by atoms with Crippen LogP contribution in [0.1, 0.15) is 42.6 Å². The van der Waals surface area contributed by atoms with Gasteiger partial charge in [-0.05, 0) is 72.5 Å². The van der Waals surface area contributed by atoms with Gasteiger partial charge in [-0.2, -0.15) is 0 Å². The minimum Gasteiger partial charge on any atom is -0.507 e. The Balaban J connectivity index is 1.67. The van der Waals surface area contributed by atoms with E-state index in [4.69, 9.17) is 0 Å². The van der Waals surface area contributed by atoms with Crippen LogP contribution in [-0.2, 0) is 12.8 Å². The summed E-state index contributed by atoms with van der Waals surface area (Å²) >= 11 is 0. The van der Waals surface area contributed by atoms with E-state index < -0.39 is 6.10 Å². The summed E-state index contributed by atoms with van der Waals surface area (Å²) in [6, 6.07) is 12.4. The van der Waals surface area contributed by atoms with Crippen molar-refractivity contribution in [1.82, 2.24) is 0 Å². The number of aromatic hydroxyl groups is 1. The Morgan fingerprint density at radius 3 is 2.23 bits per heavy atom. The Bertz CT molecular complexity index is 1030. The van der Waals surface area contributed by atoms with Gasteiger partial charge in [-0.15, -0.1) is 0 Å². The van der Waals surface area contributed by atoms with Crippen molar-refractivity contribution in [3.8, 4) is 5.75 Å². The van der Waals surface area contributed by atoms with Gasteiger partial charge in [0.25, 0.3) is 0 Å². The second kappa shape index (κ2) is 10.3. The molecule has 0 amide bonds. The molecule has 2 aliphatic carbocycles. The van der Waals surface area contributed by atoms with Crippen LogP contribution in [0.5, 0.6) is 5.75 Å². The first kappa shape index (κ1) is 21.8. The molecule has 0 fully saturated rings. The maximum absolute atomic E-state index is 11.2. The van der Waals surface area contributed by atoms with Gasteiger partial charge in [0.05, 0.1) is 6.10 Å². The van der Waals surface area contributed by atoms with Crippen LogP contribution in [0, 0.1) is 11.8 Å². The summed E-state index contributed by atoms with van der Waals surface area (Å²) in [5.41, 5.74) is 3.26. The first-order chi connectivity index (χ1) is 15.1. The molecule has 0 saturated heterocycles. The fourth-order valence-electron chi connectivity index (χ4n) is 4.40. The average molecular weight is 431 g/mol. The number of aliphatic hydroxyl groups excluding tert-OH is 1. The van der Waals surface area contributed by atoms with Crippen LogP contribution in [0.25, 0.3) is 0 Å². The number of benzene rings is 2. The molecule has 0 bridgehead atoms. The minimum absolute atomic E-state index is 0.310. The quantitative estimate of drug-likeness (QED) is 0.576. The molecule has 2 aromatic carbocycles. The third-order valence-corrected chi connectivity index (χ3v) is 7.42. The van der Waals surface area contributed by atoms with Crippen molar-refractivity contribution >= 4 is 19.2 Å². The molecule has 4 atom stereocenters. The molecule has 3 heteroatoms. The van der Waals surface area contributed by atoms with Crippen molar-refractivity contribution in [3.05, 3.63) is 102 Å². The highest BCUT2D eigenvalue weighted by atomic mass is 31.1. The second-order valence-electron chi connectivity index (χ2n) is 8.57. The number of hydrogen-bond donors (Lipinski definition) is 2. The van der Waals surface area contributed by atoms with Crippen molar-refractivity contribution < 1.29 is 10.2 Å². The van der Waals surface area contributed by atoms with E-state index in [1.807, 2.05) is 18.2 Å². The summed E-state index contributed by atoms with van der Waals surface area (Å²) in [5, 5.41) is 23.5. The zero-order valence-electron chi connectivity index (χ0n) is 18.0. The molecule has 160 valence electrons. The van der Waals surface area contributed by atoms with Gasteiger partial charge in [-0.25, -0.2) is 0 Å². The standard InChI is InChI=1S/C28H31O2P/c1-20(29)25-14-8-9-15-26(25)31-27-19-23(16-21-10-4-2-5-11-21)18-24(28(27)30)17-22-12-6-3-7-13-22/h2-10,12,14-15,18-22,29-31H,11,13,16-17H2,1H3. The van der Waals surface area contributed by atoms with Gasteiger partial charge in [0, 0.05) is 5.30 Å². The van der Waals surface area contributed by atoms with Gasteiger partial charge < -0.3 is 10.2 Å². The maximum atomic E-state index is 11.2. The third-order valence-electron chi connectivity index (χ3n) is 6.05. The van der Waals surface area contributed by atoms with Crippen LogP contribution in [0.4, 0.5) is 0 Å². The second-order valence-corrected chi connectivity index (χ2v) is 9.89. The van der Waals surface area contributed by atoms with Gasteiger partial charge in [0.15, 0.2) is 0 Å². The van der Waals surface area contributed by atoms with Gasteiger partial charge in [-0.3, -0.25) is 0 Å². The van der Waals surface area contributed by atoms with E-state index in [0.29, 0.717) is 26.2 Å². The van der Waals surface area contributed by atoms with Crippen LogP contribution in [0.15, 0.2) is 85.0 Å². The van der Waals surface area contributed by atoms with Gasteiger partial charge in [-0.1, -0.05) is 87.5 Å². The van der Waals surface area contributed by atoms with Crippen LogP contribution >= 0.6 is 8.58 Å². The smallest absolute Gasteiger partial charge is 0.126 e. The fourth-order valence-corrected chi connectivity index (χ4v) is 5.84. The zero-order valence-corrected chi connectivity index (χ0v) is 19.0. The number of allylic oxidation sites excluding steroid dienone is 8. The lowest BCUT2D eigenvalue weighted by Gasteiger charge is -2.20. The van der Waals surface area contributed by atoms with E-state index in [-0.39, 0.29) is 0 Å². The lowest BCUT2D eigenvalue weighted by atomic mass is 9.89. The minimum atomic E-state index is -0.521. The Morgan fingerprint density at radius 2 is 1.58 bits per heavy atom. The van der Waals surface area contributed by atoms with Gasteiger partial charge >= 0.3 is 0 Å². The molecule has 0 aromatic heterocycles. The van der Waals surface area contributed by atoms with E-state index in [9.17, 15) is 10.2 Å². The molecule has 2 nitrogen and oxygen atoms in total. The summed E-state index contributed by atoms with van der Waals surface area (Å²) < 4.78 is 0. The summed E-state index contributed by atoms with van der Waals surface area (Å²) in [7, 11) is 0.310. The first-order valence-corrected chi connectivity index (χ1v) is 12.2. The van der Waals surface area contributed by atoms with E-state index in [2.05, 4.69) is 66.8 Å². The van der Waals surface area contributed by atoms with Crippen LogP contribution in [0.2, 0.25) is 0 Å². The van der Waals surface area contributed by atoms with Gasteiger partial charge in [0.1, 0.15) is 5.75 Å². The molecular weight excluding hydrogens is 399 g/mol. The average Bonchev–Trinajstić information content (AvgIpc) is 2.78. The molecule has 2 aromatic rings. The van der Waals surface area contributed by atoms with E-state index in [0.717, 1.165) is 47.4 Å². The summed E-state index contributed by atoms with van der Waals surface area (Å²) in [6.07, 6.45) is 20.8. The molecule has 0 heterocycles. The van der Waals surface area contributed by atoms with Gasteiger partial charge in [0.2, 0.25) is 0 Å². The van der Waals surface area contributed by atoms with Crippen molar-refractivity contribution in [1.29, 1.82) is 0 Å². The number of phenols is 1. The summed E-state index contributed by atoms with van der Waals surface area (Å²) in [4.78, 5) is 0. The summed E-state index contributed by atoms with van der Waals surface area (Å²) in [5.74, 6) is 1.34. The van der Waals surface area contributed by atoms with Crippen LogP contribution < -0.4 is 10.6 Å². The van der Waals surface area contributed by atoms with E-state index in [1.165, 1.54) is 5.56 Å². The molecule has 4 unspecified atom stereocenters. The molecule has 2 N–H and O–H groups in total. The normalized spacial score (nSPS) is 21.2. The van der Waals surface area contributed by atoms with Crippen molar-refractivity contribution in [3.63, 3.8) is 0 Å². The Labute approximate surface area is 187 Å². The molecule has 0 spiro atoms. The van der Waals surface area contributed by atoms with E-state index >= 15 is 0 Å². The Kier molecular flexibility index (Phi) is 7.22. The van der Waals surface area contributed by atoms with Crippen LogP contribution in [-0.4, -0.2) is 10.2 Å². The molecule has 2 aliphatic rings. The third kappa shape index (κ3) is 5.64. The molecule has 0 radical (unpaired) electrons. The summed E-state index contributed by atoms with van der Waals surface area (Å²) in [6.45, 7) is 1.80. The first-order valence-electron chi connectivity index (χ1n) is 11.2. The van der Waals surface area contributed by atoms with Crippen molar-refractivity contribution in [2.24, 2.45) is 11.8 Å². The molecule has 4 rings (SSSR count). The molecular formula is C28H31O2P. The molecule has 0 aliphatic heterocycles. The van der Waals surface area contributed by atoms with Crippen LogP contribution in [0.3, 0.4) is 0 Å². The SMILES string of the molecule is CC(O)c1ccccc1Pc1cc(CC2C=CC=CC2)cc(CC2C=CC=CC2)c1O. The number of phenolic OH excluding ortho intramolecular Hbond substituents is 1. The number of aliphatic hydroxyl groups is 1. The number of rotatable bonds is 7. The lowest BCUT2D eigenvalue weighted by molar-refractivity contribution is 0.200. The zero-order chi connectivity index (χ0) is 21.6. The topological polar surface area (TPSA) is 40.5 Å². The van der Waals surface area contributed by atoms with E-state index in [1.54, 1.807) is 6.92 Å². The molecule has 31 heavy (non-hydrogen) atoms. The lowest BCUT2D eigenvalue weighted by Crippen LogP contribution is -2.14. The maximum Gasteiger partial charge on any atom is 0.126 e. The highest BCUT2D eigenvalue weighted by Gasteiger charge is 2.18. The largest absolute Gasteiger partial charge is 0.507 e. The Hall–Kier alpha value is -2.41. The predicted molar refractivity (Wildman–Crippen MR) is 133 cm³/mol. The Morgan fingerprint density at radius 1 is 0.903 bits per heavy atom. The predicted octanol–water partition coefficient (Wildman–Crippen LogP) is 5.42. The number of hydrogen-bond acceptors (Lipinski definition) is 2. The monoisotopic (exact) mass is 430 g/mol. The van der Waals surface area contributed by atoms with Crippen molar-refractivity contribution in [2.45, 2.75) is 38.7 Å². The highest BCUT2D eigenvalue weighted by Crippen LogP contribution is 2.31.